The first-order chi connectivity index (χ1) is 10.4. The minimum Gasteiger partial charge on any atom is -0.314 e. The largest absolute Gasteiger partial charge is 0.314 e. The topological polar surface area (TPSA) is 24.9 Å². The molecule has 0 saturated heterocycles. The lowest BCUT2D eigenvalue weighted by atomic mass is 10.0. The van der Waals surface area contributed by atoms with Crippen molar-refractivity contribution in [3.63, 3.8) is 0 Å². The normalized spacial score (nSPS) is 22.1. The van der Waals surface area contributed by atoms with Gasteiger partial charge in [-0.2, -0.15) is 0 Å². The summed E-state index contributed by atoms with van der Waals surface area (Å²) >= 11 is 3.77. The van der Waals surface area contributed by atoms with Crippen molar-refractivity contribution in [3.8, 4) is 0 Å². The summed E-state index contributed by atoms with van der Waals surface area (Å²) in [7, 11) is 0. The third kappa shape index (κ3) is 3.99. The van der Waals surface area contributed by atoms with Gasteiger partial charge in [-0.15, -0.1) is 11.3 Å². The predicted molar refractivity (Wildman–Crippen MR) is 94.4 cm³/mol. The number of para-hydroxylation sites is 1. The van der Waals surface area contributed by atoms with Gasteiger partial charge >= 0.3 is 0 Å². The number of fused-ring (bicyclic) bond motifs is 1. The maximum absolute atomic E-state index is 4.71. The molecule has 0 amide bonds. The maximum Gasteiger partial charge on any atom is 0.151 e. The Hall–Kier alpha value is -0.580. The summed E-state index contributed by atoms with van der Waals surface area (Å²) in [6.07, 6.45) is 6.74. The summed E-state index contributed by atoms with van der Waals surface area (Å²) in [6, 6.07) is 9.20. The first-order valence-corrected chi connectivity index (χ1v) is 9.89. The Balaban J connectivity index is 1.49. The molecule has 1 aromatic carbocycles. The lowest BCUT2D eigenvalue weighted by Gasteiger charge is -2.20. The van der Waals surface area contributed by atoms with Crippen LogP contribution in [0, 0.1) is 5.92 Å². The third-order valence-corrected chi connectivity index (χ3v) is 6.52. The zero-order chi connectivity index (χ0) is 14.5. The number of hydrogen-bond donors (Lipinski definition) is 1. The van der Waals surface area contributed by atoms with Crippen LogP contribution in [0.15, 0.2) is 28.6 Å². The predicted octanol–water partition coefficient (Wildman–Crippen LogP) is 4.95. The highest BCUT2D eigenvalue weighted by atomic mass is 32.2. The molecule has 1 heterocycles. The van der Waals surface area contributed by atoms with Gasteiger partial charge < -0.3 is 5.32 Å². The van der Waals surface area contributed by atoms with Crippen LogP contribution in [0.1, 0.15) is 39.0 Å². The van der Waals surface area contributed by atoms with E-state index >= 15 is 0 Å². The average molecular weight is 321 g/mol. The summed E-state index contributed by atoms with van der Waals surface area (Å²) < 4.78 is 2.54. The monoisotopic (exact) mass is 320 g/mol. The molecule has 1 aliphatic rings. The van der Waals surface area contributed by atoms with Crippen LogP contribution in [0.25, 0.3) is 10.2 Å². The Morgan fingerprint density at radius 2 is 2.24 bits per heavy atom. The van der Waals surface area contributed by atoms with E-state index < -0.39 is 0 Å². The number of thiazole rings is 1. The Morgan fingerprint density at radius 3 is 3.10 bits per heavy atom. The van der Waals surface area contributed by atoms with E-state index in [0.717, 1.165) is 17.5 Å². The highest BCUT2D eigenvalue weighted by Crippen LogP contribution is 2.33. The lowest BCUT2D eigenvalue weighted by molar-refractivity contribution is 0.393. The zero-order valence-corrected chi connectivity index (χ0v) is 14.3. The fraction of sp³-hybridized carbons (Fsp3) is 0.588. The lowest BCUT2D eigenvalue weighted by Crippen LogP contribution is -2.33. The molecule has 4 heteroatoms. The van der Waals surface area contributed by atoms with Gasteiger partial charge in [-0.25, -0.2) is 4.98 Å². The summed E-state index contributed by atoms with van der Waals surface area (Å²) in [5.74, 6) is 2.08. The molecule has 0 spiro atoms. The Morgan fingerprint density at radius 1 is 1.33 bits per heavy atom. The van der Waals surface area contributed by atoms with Crippen molar-refractivity contribution >= 4 is 33.3 Å². The SMILES string of the molecule is CCCNC1CCCC1CCSc1nc2ccccc2s1. The van der Waals surface area contributed by atoms with Crippen LogP contribution in [-0.2, 0) is 0 Å². The minimum absolute atomic E-state index is 0.765. The highest BCUT2D eigenvalue weighted by Gasteiger charge is 2.26. The molecule has 1 N–H and O–H groups in total. The van der Waals surface area contributed by atoms with Gasteiger partial charge in [0.15, 0.2) is 4.34 Å². The second-order valence-corrected chi connectivity index (χ2v) is 8.21. The molecule has 1 saturated carbocycles. The fourth-order valence-electron chi connectivity index (χ4n) is 3.19. The molecule has 1 aromatic heterocycles. The van der Waals surface area contributed by atoms with Crippen molar-refractivity contribution in [2.45, 2.75) is 49.4 Å². The molecule has 0 aliphatic heterocycles. The van der Waals surface area contributed by atoms with Gasteiger partial charge in [-0.3, -0.25) is 0 Å². The molecule has 0 bridgehead atoms. The van der Waals surface area contributed by atoms with Gasteiger partial charge in [0.2, 0.25) is 0 Å². The molecule has 1 fully saturated rings. The standard InChI is InChI=1S/C17H24N2S2/c1-2-11-18-14-8-5-6-13(14)10-12-20-17-19-15-7-3-4-9-16(15)21-17/h3-4,7,9,13-14,18H,2,5-6,8,10-12H2,1H3. The van der Waals surface area contributed by atoms with Gasteiger partial charge in [0.1, 0.15) is 0 Å². The minimum atomic E-state index is 0.765. The molecule has 2 aromatic rings. The number of benzene rings is 1. The van der Waals surface area contributed by atoms with Gasteiger partial charge in [0.05, 0.1) is 10.2 Å². The summed E-state index contributed by atoms with van der Waals surface area (Å²) in [5.41, 5.74) is 1.15. The maximum atomic E-state index is 4.71. The molecule has 21 heavy (non-hydrogen) atoms. The first kappa shape index (κ1) is 15.3. The van der Waals surface area contributed by atoms with Crippen molar-refractivity contribution in [3.05, 3.63) is 24.3 Å². The van der Waals surface area contributed by atoms with Crippen LogP contribution in [0.2, 0.25) is 0 Å². The number of thioether (sulfide) groups is 1. The van der Waals surface area contributed by atoms with E-state index in [2.05, 4.69) is 36.5 Å². The zero-order valence-electron chi connectivity index (χ0n) is 12.7. The van der Waals surface area contributed by atoms with Gasteiger partial charge in [0, 0.05) is 11.8 Å². The van der Waals surface area contributed by atoms with Crippen LogP contribution in [0.3, 0.4) is 0 Å². The first-order valence-electron chi connectivity index (χ1n) is 8.08. The van der Waals surface area contributed by atoms with E-state index in [1.54, 1.807) is 0 Å². The molecule has 2 atom stereocenters. The second kappa shape index (κ2) is 7.61. The smallest absolute Gasteiger partial charge is 0.151 e. The summed E-state index contributed by atoms with van der Waals surface area (Å²) in [4.78, 5) is 4.71. The van der Waals surface area contributed by atoms with Crippen molar-refractivity contribution in [2.75, 3.05) is 12.3 Å². The van der Waals surface area contributed by atoms with Crippen molar-refractivity contribution in [1.82, 2.24) is 10.3 Å². The number of nitrogens with one attached hydrogen (secondary N) is 1. The number of rotatable bonds is 7. The summed E-state index contributed by atoms with van der Waals surface area (Å²) in [5, 5.41) is 3.73. The Bertz CT molecular complexity index is 534. The molecule has 2 nitrogen and oxygen atoms in total. The van der Waals surface area contributed by atoms with Gasteiger partial charge in [-0.1, -0.05) is 37.2 Å². The molecule has 2 unspecified atom stereocenters. The highest BCUT2D eigenvalue weighted by molar-refractivity contribution is 8.01. The Labute approximate surface area is 135 Å². The van der Waals surface area contributed by atoms with Crippen molar-refractivity contribution in [2.24, 2.45) is 5.92 Å². The summed E-state index contributed by atoms with van der Waals surface area (Å²) in [6.45, 7) is 3.42. The molecule has 1 aliphatic carbocycles. The molecule has 114 valence electrons. The fourth-order valence-corrected chi connectivity index (χ4v) is 5.40. The van der Waals surface area contributed by atoms with Crippen molar-refractivity contribution in [1.29, 1.82) is 0 Å². The van der Waals surface area contributed by atoms with E-state index in [9.17, 15) is 0 Å². The van der Waals surface area contributed by atoms with Crippen LogP contribution in [-0.4, -0.2) is 23.3 Å². The van der Waals surface area contributed by atoms with Crippen LogP contribution in [0.4, 0.5) is 0 Å². The van der Waals surface area contributed by atoms with Crippen LogP contribution in [0.5, 0.6) is 0 Å². The van der Waals surface area contributed by atoms with E-state index in [-0.39, 0.29) is 0 Å². The second-order valence-electron chi connectivity index (χ2n) is 5.84. The molecule has 0 radical (unpaired) electrons. The van der Waals surface area contributed by atoms with Gasteiger partial charge in [0.25, 0.3) is 0 Å². The number of nitrogens with zero attached hydrogens (tertiary/aromatic N) is 1. The third-order valence-electron chi connectivity index (χ3n) is 4.30. The van der Waals surface area contributed by atoms with E-state index in [0.29, 0.717) is 0 Å². The van der Waals surface area contributed by atoms with E-state index in [1.807, 2.05) is 23.1 Å². The van der Waals surface area contributed by atoms with Gasteiger partial charge in [-0.05, 0) is 50.3 Å². The van der Waals surface area contributed by atoms with Crippen molar-refractivity contribution < 1.29 is 0 Å². The number of hydrogen-bond acceptors (Lipinski definition) is 4. The van der Waals surface area contributed by atoms with E-state index in [4.69, 9.17) is 4.98 Å². The number of aromatic nitrogens is 1. The van der Waals surface area contributed by atoms with E-state index in [1.165, 1.54) is 53.4 Å². The van der Waals surface area contributed by atoms with Crippen LogP contribution < -0.4 is 5.32 Å². The molecular formula is C17H24N2S2. The quantitative estimate of drug-likeness (QED) is 0.731. The molecular weight excluding hydrogens is 296 g/mol. The Kier molecular flexibility index (Phi) is 5.55. The van der Waals surface area contributed by atoms with Crippen LogP contribution >= 0.6 is 23.1 Å². The molecule has 3 rings (SSSR count). The average Bonchev–Trinajstić information content (AvgIpc) is 3.11.